The first kappa shape index (κ1) is 13.9. The molecule has 0 bridgehead atoms. The summed E-state index contributed by atoms with van der Waals surface area (Å²) in [7, 11) is 0. The van der Waals surface area contributed by atoms with Gasteiger partial charge in [-0.2, -0.15) is 0 Å². The van der Waals surface area contributed by atoms with Crippen molar-refractivity contribution in [2.45, 2.75) is 57.8 Å². The molecule has 3 heteroatoms. The van der Waals surface area contributed by atoms with E-state index in [1.54, 1.807) is 0 Å². The number of carbonyl (C=O) groups excluding carboxylic acids is 1. The van der Waals surface area contributed by atoms with E-state index in [0.717, 1.165) is 32.1 Å². The zero-order chi connectivity index (χ0) is 12.6. The van der Waals surface area contributed by atoms with Gasteiger partial charge < -0.3 is 10.2 Å². The molecule has 2 fully saturated rings. The van der Waals surface area contributed by atoms with Gasteiger partial charge in [-0.05, 0) is 31.7 Å². The summed E-state index contributed by atoms with van der Waals surface area (Å²) in [5.74, 6) is 1.29. The van der Waals surface area contributed by atoms with Gasteiger partial charge in [0.05, 0.1) is 0 Å². The van der Waals surface area contributed by atoms with Crippen LogP contribution >= 0.6 is 0 Å². The maximum Gasteiger partial charge on any atom is 0.223 e. The summed E-state index contributed by atoms with van der Waals surface area (Å²) < 4.78 is 0. The van der Waals surface area contributed by atoms with Crippen molar-refractivity contribution >= 4 is 5.91 Å². The molecule has 2 rings (SSSR count). The minimum atomic E-state index is 0.345. The zero-order valence-electron chi connectivity index (χ0n) is 11.6. The number of hydrogen-bond donors (Lipinski definition) is 1. The van der Waals surface area contributed by atoms with Crippen LogP contribution in [0.4, 0.5) is 0 Å². The van der Waals surface area contributed by atoms with Gasteiger partial charge in [0, 0.05) is 26.1 Å². The smallest absolute Gasteiger partial charge is 0.223 e. The first-order chi connectivity index (χ1) is 8.86. The van der Waals surface area contributed by atoms with E-state index < -0.39 is 0 Å². The van der Waals surface area contributed by atoms with Crippen LogP contribution in [0, 0.1) is 5.92 Å². The third-order valence-electron chi connectivity index (χ3n) is 4.43. The average Bonchev–Trinajstić information content (AvgIpc) is 2.93. The summed E-state index contributed by atoms with van der Waals surface area (Å²) in [6.07, 6.45) is 11.5. The van der Waals surface area contributed by atoms with Crippen molar-refractivity contribution in [2.75, 3.05) is 26.2 Å². The highest BCUT2D eigenvalue weighted by atomic mass is 16.2. The van der Waals surface area contributed by atoms with E-state index in [1.807, 2.05) is 4.90 Å². The van der Waals surface area contributed by atoms with Crippen LogP contribution in [0.15, 0.2) is 0 Å². The lowest BCUT2D eigenvalue weighted by Crippen LogP contribution is -2.31. The molecule has 0 aromatic heterocycles. The molecule has 1 saturated heterocycles. The van der Waals surface area contributed by atoms with E-state index in [2.05, 4.69) is 5.32 Å². The highest BCUT2D eigenvalue weighted by Crippen LogP contribution is 2.25. The molecule has 1 aliphatic heterocycles. The molecule has 1 amide bonds. The van der Waals surface area contributed by atoms with Gasteiger partial charge in [0.2, 0.25) is 5.91 Å². The van der Waals surface area contributed by atoms with Gasteiger partial charge >= 0.3 is 0 Å². The quantitative estimate of drug-likeness (QED) is 0.737. The lowest BCUT2D eigenvalue weighted by molar-refractivity contribution is -0.130. The second kappa shape index (κ2) is 7.78. The Labute approximate surface area is 111 Å². The SMILES string of the molecule is O=C(CCNCCC1CCCCC1)N1CCCC1. The van der Waals surface area contributed by atoms with Crippen molar-refractivity contribution in [2.24, 2.45) is 5.92 Å². The Morgan fingerprint density at radius 3 is 2.44 bits per heavy atom. The van der Waals surface area contributed by atoms with Gasteiger partial charge in [-0.3, -0.25) is 4.79 Å². The molecule has 2 aliphatic rings. The number of nitrogens with zero attached hydrogens (tertiary/aromatic N) is 1. The molecule has 104 valence electrons. The molecule has 0 aromatic rings. The molecule has 1 aliphatic carbocycles. The highest BCUT2D eigenvalue weighted by Gasteiger charge is 2.17. The maximum atomic E-state index is 11.8. The first-order valence-corrected chi connectivity index (χ1v) is 7.85. The molecule has 1 saturated carbocycles. The van der Waals surface area contributed by atoms with Crippen LogP contribution in [-0.2, 0) is 4.79 Å². The lowest BCUT2D eigenvalue weighted by Gasteiger charge is -2.21. The fraction of sp³-hybridized carbons (Fsp3) is 0.933. The van der Waals surface area contributed by atoms with Crippen LogP contribution < -0.4 is 5.32 Å². The molecule has 0 spiro atoms. The van der Waals surface area contributed by atoms with Gasteiger partial charge in [-0.15, -0.1) is 0 Å². The minimum Gasteiger partial charge on any atom is -0.343 e. The Morgan fingerprint density at radius 2 is 1.72 bits per heavy atom. The summed E-state index contributed by atoms with van der Waals surface area (Å²) in [6.45, 7) is 3.93. The monoisotopic (exact) mass is 252 g/mol. The van der Waals surface area contributed by atoms with E-state index >= 15 is 0 Å². The second-order valence-electron chi connectivity index (χ2n) is 5.88. The molecule has 0 unspecified atom stereocenters. The van der Waals surface area contributed by atoms with E-state index in [4.69, 9.17) is 0 Å². The van der Waals surface area contributed by atoms with Gasteiger partial charge in [-0.1, -0.05) is 32.1 Å². The van der Waals surface area contributed by atoms with Gasteiger partial charge in [0.1, 0.15) is 0 Å². The van der Waals surface area contributed by atoms with Crippen molar-refractivity contribution in [3.63, 3.8) is 0 Å². The summed E-state index contributed by atoms with van der Waals surface area (Å²) in [4.78, 5) is 13.8. The van der Waals surface area contributed by atoms with Crippen molar-refractivity contribution in [1.29, 1.82) is 0 Å². The fourth-order valence-electron chi connectivity index (χ4n) is 3.23. The van der Waals surface area contributed by atoms with Gasteiger partial charge in [0.25, 0.3) is 0 Å². The van der Waals surface area contributed by atoms with E-state index in [0.29, 0.717) is 12.3 Å². The Hall–Kier alpha value is -0.570. The van der Waals surface area contributed by atoms with Crippen molar-refractivity contribution in [3.05, 3.63) is 0 Å². The topological polar surface area (TPSA) is 32.3 Å². The van der Waals surface area contributed by atoms with Crippen molar-refractivity contribution < 1.29 is 4.79 Å². The molecule has 0 atom stereocenters. The summed E-state index contributed by atoms with van der Waals surface area (Å²) >= 11 is 0. The number of likely N-dealkylation sites (tertiary alicyclic amines) is 1. The molecule has 1 N–H and O–H groups in total. The molecule has 18 heavy (non-hydrogen) atoms. The molecule has 0 aromatic carbocycles. The molecule has 1 heterocycles. The highest BCUT2D eigenvalue weighted by molar-refractivity contribution is 5.76. The van der Waals surface area contributed by atoms with Gasteiger partial charge in [-0.25, -0.2) is 0 Å². The minimum absolute atomic E-state index is 0.345. The third kappa shape index (κ3) is 4.60. The molecular formula is C15H28N2O. The number of amides is 1. The van der Waals surface area contributed by atoms with Gasteiger partial charge in [0.15, 0.2) is 0 Å². The van der Waals surface area contributed by atoms with Crippen LogP contribution in [0.5, 0.6) is 0 Å². The van der Waals surface area contributed by atoms with Crippen LogP contribution in [0.25, 0.3) is 0 Å². The number of carbonyl (C=O) groups is 1. The van der Waals surface area contributed by atoms with Crippen molar-refractivity contribution in [3.8, 4) is 0 Å². The average molecular weight is 252 g/mol. The number of rotatable bonds is 6. The predicted octanol–water partition coefficient (Wildman–Crippen LogP) is 2.56. The second-order valence-corrected chi connectivity index (χ2v) is 5.88. The number of hydrogen-bond acceptors (Lipinski definition) is 2. The zero-order valence-corrected chi connectivity index (χ0v) is 11.6. The molecule has 0 radical (unpaired) electrons. The molecular weight excluding hydrogens is 224 g/mol. The Balaban J connectivity index is 1.46. The van der Waals surface area contributed by atoms with E-state index in [1.165, 1.54) is 51.4 Å². The van der Waals surface area contributed by atoms with E-state index in [9.17, 15) is 4.79 Å². The largest absolute Gasteiger partial charge is 0.343 e. The van der Waals surface area contributed by atoms with E-state index in [-0.39, 0.29) is 0 Å². The third-order valence-corrected chi connectivity index (χ3v) is 4.43. The predicted molar refractivity (Wildman–Crippen MR) is 74.5 cm³/mol. The maximum absolute atomic E-state index is 11.8. The summed E-state index contributed by atoms with van der Waals surface area (Å²) in [5.41, 5.74) is 0. The van der Waals surface area contributed by atoms with Crippen LogP contribution in [0.3, 0.4) is 0 Å². The molecule has 3 nitrogen and oxygen atoms in total. The normalized spacial score (nSPS) is 21.4. The van der Waals surface area contributed by atoms with Crippen molar-refractivity contribution in [1.82, 2.24) is 10.2 Å². The van der Waals surface area contributed by atoms with Crippen LogP contribution in [0.2, 0.25) is 0 Å². The number of nitrogens with one attached hydrogen (secondary N) is 1. The Kier molecular flexibility index (Phi) is 5.98. The standard InChI is InChI=1S/C15H28N2O/c18-15(17-12-4-5-13-17)9-11-16-10-8-14-6-2-1-3-7-14/h14,16H,1-13H2. The fourth-order valence-corrected chi connectivity index (χ4v) is 3.23. The lowest BCUT2D eigenvalue weighted by atomic mass is 9.87. The first-order valence-electron chi connectivity index (χ1n) is 7.85. The summed E-state index contributed by atoms with van der Waals surface area (Å²) in [5, 5.41) is 3.44. The van der Waals surface area contributed by atoms with Crippen LogP contribution in [0.1, 0.15) is 57.8 Å². The van der Waals surface area contributed by atoms with Crippen LogP contribution in [-0.4, -0.2) is 37.0 Å². The Morgan fingerprint density at radius 1 is 1.00 bits per heavy atom. The summed E-state index contributed by atoms with van der Waals surface area (Å²) in [6, 6.07) is 0. The Bertz CT molecular complexity index is 243.